The molecular weight excluding hydrogens is 280 g/mol. The summed E-state index contributed by atoms with van der Waals surface area (Å²) in [5.74, 6) is 1.33. The zero-order valence-corrected chi connectivity index (χ0v) is 12.0. The Balaban J connectivity index is 0.00000147. The number of likely N-dealkylation sites (tertiary alicyclic amines) is 1. The third kappa shape index (κ3) is 3.35. The van der Waals surface area contributed by atoms with Crippen LogP contribution in [-0.2, 0) is 4.79 Å². The van der Waals surface area contributed by atoms with E-state index in [4.69, 9.17) is 9.47 Å². The monoisotopic (exact) mass is 297 g/mol. The molecule has 0 spiro atoms. The fraction of sp³-hybridized carbons (Fsp3) is 0.500. The first-order valence-electron chi connectivity index (χ1n) is 6.74. The maximum Gasteiger partial charge on any atom is 0.238 e. The third-order valence-corrected chi connectivity index (χ3v) is 3.49. The number of hydrogen-bond acceptors (Lipinski definition) is 4. The van der Waals surface area contributed by atoms with Crippen molar-refractivity contribution in [2.45, 2.75) is 19.3 Å². The van der Waals surface area contributed by atoms with Gasteiger partial charge in [-0.05, 0) is 38.1 Å². The lowest BCUT2D eigenvalue weighted by atomic mass is 10.1. The molecule has 0 radical (unpaired) electrons. The molecule has 1 amide bonds. The Labute approximate surface area is 124 Å². The van der Waals surface area contributed by atoms with Gasteiger partial charge in [0.25, 0.3) is 0 Å². The highest BCUT2D eigenvalue weighted by Gasteiger charge is 2.20. The molecule has 110 valence electrons. The van der Waals surface area contributed by atoms with Gasteiger partial charge in [-0.25, -0.2) is 0 Å². The molecule has 0 aromatic heterocycles. The highest BCUT2D eigenvalue weighted by molar-refractivity contribution is 5.94. The van der Waals surface area contributed by atoms with Crippen molar-refractivity contribution in [1.82, 2.24) is 4.90 Å². The summed E-state index contributed by atoms with van der Waals surface area (Å²) in [6.45, 7) is 2.69. The highest BCUT2D eigenvalue weighted by Crippen LogP contribution is 2.38. The molecule has 1 aromatic rings. The van der Waals surface area contributed by atoms with E-state index in [9.17, 15) is 4.79 Å². The maximum absolute atomic E-state index is 12.0. The molecule has 2 aliphatic rings. The van der Waals surface area contributed by atoms with Gasteiger partial charge >= 0.3 is 0 Å². The number of ether oxygens (including phenoxy) is 2. The Morgan fingerprint density at radius 2 is 2.00 bits per heavy atom. The zero-order valence-electron chi connectivity index (χ0n) is 11.2. The van der Waals surface area contributed by atoms with Gasteiger partial charge in [-0.3, -0.25) is 9.69 Å². The maximum atomic E-state index is 12.0. The van der Waals surface area contributed by atoms with Gasteiger partial charge < -0.3 is 27.2 Å². The second-order valence-electron chi connectivity index (χ2n) is 4.92. The molecular formula is C14H18ClN2O3-. The van der Waals surface area contributed by atoms with Crippen LogP contribution in [0.4, 0.5) is 5.69 Å². The molecule has 1 fully saturated rings. The van der Waals surface area contributed by atoms with E-state index in [1.807, 2.05) is 18.2 Å². The molecule has 2 heterocycles. The van der Waals surface area contributed by atoms with Gasteiger partial charge in [-0.15, -0.1) is 0 Å². The largest absolute Gasteiger partial charge is 1.00 e. The fourth-order valence-electron chi connectivity index (χ4n) is 2.54. The molecule has 20 heavy (non-hydrogen) atoms. The van der Waals surface area contributed by atoms with Crippen molar-refractivity contribution in [3.63, 3.8) is 0 Å². The van der Waals surface area contributed by atoms with Gasteiger partial charge in [-0.1, -0.05) is 12.5 Å². The number of anilines is 1. The Hall–Kier alpha value is -1.46. The topological polar surface area (TPSA) is 50.8 Å². The summed E-state index contributed by atoms with van der Waals surface area (Å²) in [4.78, 5) is 14.2. The SMILES string of the molecule is O=C(CN1CCCCC1)Nc1cccc2c1OCO2.[Cl-]. The van der Waals surface area contributed by atoms with Crippen molar-refractivity contribution in [1.29, 1.82) is 0 Å². The summed E-state index contributed by atoms with van der Waals surface area (Å²) < 4.78 is 10.7. The average Bonchev–Trinajstić information content (AvgIpc) is 2.89. The van der Waals surface area contributed by atoms with Crippen molar-refractivity contribution in [3.8, 4) is 11.5 Å². The van der Waals surface area contributed by atoms with Gasteiger partial charge in [0.1, 0.15) is 0 Å². The van der Waals surface area contributed by atoms with E-state index in [1.165, 1.54) is 19.3 Å². The second kappa shape index (κ2) is 6.81. The van der Waals surface area contributed by atoms with Crippen LogP contribution in [0.25, 0.3) is 0 Å². The van der Waals surface area contributed by atoms with E-state index in [2.05, 4.69) is 10.2 Å². The quantitative estimate of drug-likeness (QED) is 0.765. The van der Waals surface area contributed by atoms with Gasteiger partial charge in [-0.2, -0.15) is 0 Å². The lowest BCUT2D eigenvalue weighted by molar-refractivity contribution is -0.117. The second-order valence-corrected chi connectivity index (χ2v) is 4.92. The Kier molecular flexibility index (Phi) is 5.09. The first kappa shape index (κ1) is 14.9. The van der Waals surface area contributed by atoms with Crippen LogP contribution < -0.4 is 27.2 Å². The van der Waals surface area contributed by atoms with E-state index < -0.39 is 0 Å². The number of halogens is 1. The molecule has 1 aromatic carbocycles. The molecule has 0 aliphatic carbocycles. The molecule has 0 atom stereocenters. The van der Waals surface area contributed by atoms with Crippen LogP contribution in [0.1, 0.15) is 19.3 Å². The van der Waals surface area contributed by atoms with E-state index in [1.54, 1.807) is 0 Å². The average molecular weight is 298 g/mol. The highest BCUT2D eigenvalue weighted by atomic mass is 35.5. The minimum Gasteiger partial charge on any atom is -1.00 e. The molecule has 2 aliphatic heterocycles. The van der Waals surface area contributed by atoms with E-state index in [0.717, 1.165) is 13.1 Å². The van der Waals surface area contributed by atoms with Crippen LogP contribution in [0, 0.1) is 0 Å². The molecule has 1 saturated heterocycles. The minimum absolute atomic E-state index is 0. The normalized spacial score (nSPS) is 17.4. The number of nitrogens with zero attached hydrogens (tertiary/aromatic N) is 1. The first-order valence-corrected chi connectivity index (χ1v) is 6.74. The predicted octanol–water partition coefficient (Wildman–Crippen LogP) is -1.16. The standard InChI is InChI=1S/C14H18N2O3.ClH/c17-13(9-16-7-2-1-3-8-16)15-11-5-4-6-12-14(11)19-10-18-12;/h4-6H,1-3,7-10H2,(H,15,17);1H/p-1. The Bertz CT molecular complexity index is 475. The summed E-state index contributed by atoms with van der Waals surface area (Å²) in [7, 11) is 0. The number of nitrogens with one attached hydrogen (secondary N) is 1. The smallest absolute Gasteiger partial charge is 0.238 e. The van der Waals surface area contributed by atoms with E-state index >= 15 is 0 Å². The van der Waals surface area contributed by atoms with Crippen LogP contribution in [0.15, 0.2) is 18.2 Å². The number of para-hydroxylation sites is 1. The molecule has 1 N–H and O–H groups in total. The summed E-state index contributed by atoms with van der Waals surface area (Å²) >= 11 is 0. The zero-order chi connectivity index (χ0) is 13.1. The van der Waals surface area contributed by atoms with Crippen LogP contribution in [0.2, 0.25) is 0 Å². The molecule has 0 unspecified atom stereocenters. The third-order valence-electron chi connectivity index (χ3n) is 3.49. The van der Waals surface area contributed by atoms with E-state index in [-0.39, 0.29) is 25.1 Å². The number of carbonyl (C=O) groups excluding carboxylic acids is 1. The van der Waals surface area contributed by atoms with E-state index in [0.29, 0.717) is 23.7 Å². The number of carbonyl (C=O) groups is 1. The fourth-order valence-corrected chi connectivity index (χ4v) is 2.54. The summed E-state index contributed by atoms with van der Waals surface area (Å²) in [6, 6.07) is 5.52. The number of benzene rings is 1. The van der Waals surface area contributed by atoms with Crippen molar-refractivity contribution < 1.29 is 26.7 Å². The predicted molar refractivity (Wildman–Crippen MR) is 71.5 cm³/mol. The molecule has 0 bridgehead atoms. The number of rotatable bonds is 3. The summed E-state index contributed by atoms with van der Waals surface area (Å²) in [5.41, 5.74) is 0.692. The van der Waals surface area contributed by atoms with Gasteiger partial charge in [0.05, 0.1) is 12.2 Å². The van der Waals surface area contributed by atoms with Crippen LogP contribution in [0.3, 0.4) is 0 Å². The lowest BCUT2D eigenvalue weighted by Gasteiger charge is -2.25. The number of fused-ring (bicyclic) bond motifs is 1. The number of hydrogen-bond donors (Lipinski definition) is 1. The first-order chi connectivity index (χ1) is 9.33. The summed E-state index contributed by atoms with van der Waals surface area (Å²) in [5, 5.41) is 2.90. The van der Waals surface area contributed by atoms with Crippen molar-refractivity contribution >= 4 is 11.6 Å². The molecule has 3 rings (SSSR count). The van der Waals surface area contributed by atoms with Crippen molar-refractivity contribution in [2.75, 3.05) is 31.7 Å². The Morgan fingerprint density at radius 1 is 1.20 bits per heavy atom. The minimum atomic E-state index is 0. The van der Waals surface area contributed by atoms with Gasteiger partial charge in [0.2, 0.25) is 12.7 Å². The van der Waals surface area contributed by atoms with Gasteiger partial charge in [0, 0.05) is 0 Å². The Morgan fingerprint density at radius 3 is 2.80 bits per heavy atom. The van der Waals surface area contributed by atoms with Crippen molar-refractivity contribution in [3.05, 3.63) is 18.2 Å². The number of amides is 1. The molecule has 5 nitrogen and oxygen atoms in total. The molecule has 6 heteroatoms. The summed E-state index contributed by atoms with van der Waals surface area (Å²) in [6.07, 6.45) is 3.64. The number of piperidine rings is 1. The lowest BCUT2D eigenvalue weighted by Crippen LogP contribution is -3.00. The van der Waals surface area contributed by atoms with Crippen LogP contribution in [-0.4, -0.2) is 37.2 Å². The van der Waals surface area contributed by atoms with Crippen molar-refractivity contribution in [2.24, 2.45) is 0 Å². The van der Waals surface area contributed by atoms with Gasteiger partial charge in [0.15, 0.2) is 11.5 Å². The molecule has 0 saturated carbocycles. The van der Waals surface area contributed by atoms with Crippen LogP contribution >= 0.6 is 0 Å². The van der Waals surface area contributed by atoms with Crippen LogP contribution in [0.5, 0.6) is 11.5 Å².